The van der Waals surface area contributed by atoms with Gasteiger partial charge < -0.3 is 11.1 Å². The highest BCUT2D eigenvalue weighted by Gasteiger charge is 2.21. The SMILES string of the molecule is CCN(CC)C(CNC(=O)C(N)c1ccc(C)cc1)c1ccsc1. The lowest BCUT2D eigenvalue weighted by atomic mass is 10.0. The van der Waals surface area contributed by atoms with Crippen LogP contribution < -0.4 is 11.1 Å². The lowest BCUT2D eigenvalue weighted by molar-refractivity contribution is -0.122. The third kappa shape index (κ3) is 4.66. The van der Waals surface area contributed by atoms with Gasteiger partial charge in [0.2, 0.25) is 5.91 Å². The fourth-order valence-corrected chi connectivity index (χ4v) is 3.53. The van der Waals surface area contributed by atoms with Gasteiger partial charge >= 0.3 is 0 Å². The third-order valence-electron chi connectivity index (χ3n) is 4.37. The first-order valence-electron chi connectivity index (χ1n) is 8.42. The summed E-state index contributed by atoms with van der Waals surface area (Å²) in [5, 5.41) is 7.25. The Labute approximate surface area is 148 Å². The number of aryl methyl sites for hydroxylation is 1. The van der Waals surface area contributed by atoms with Gasteiger partial charge in [0.25, 0.3) is 0 Å². The summed E-state index contributed by atoms with van der Waals surface area (Å²) < 4.78 is 0. The zero-order valence-corrected chi connectivity index (χ0v) is 15.5. The minimum Gasteiger partial charge on any atom is -0.353 e. The van der Waals surface area contributed by atoms with E-state index < -0.39 is 6.04 Å². The van der Waals surface area contributed by atoms with Gasteiger partial charge in [0, 0.05) is 6.54 Å². The van der Waals surface area contributed by atoms with Gasteiger partial charge in [0.15, 0.2) is 0 Å². The van der Waals surface area contributed by atoms with Gasteiger partial charge in [-0.3, -0.25) is 9.69 Å². The van der Waals surface area contributed by atoms with Crippen LogP contribution in [-0.2, 0) is 4.79 Å². The molecular formula is C19H27N3OS. The Kier molecular flexibility index (Phi) is 6.97. The molecule has 5 heteroatoms. The van der Waals surface area contributed by atoms with E-state index in [9.17, 15) is 4.79 Å². The van der Waals surface area contributed by atoms with Gasteiger partial charge in [-0.2, -0.15) is 11.3 Å². The predicted molar refractivity (Wildman–Crippen MR) is 101 cm³/mol. The van der Waals surface area contributed by atoms with Crippen molar-refractivity contribution in [1.29, 1.82) is 0 Å². The maximum Gasteiger partial charge on any atom is 0.241 e. The Bertz CT molecular complexity index is 621. The maximum absolute atomic E-state index is 12.4. The molecule has 0 aliphatic rings. The number of nitrogens with one attached hydrogen (secondary N) is 1. The average Bonchev–Trinajstić information content (AvgIpc) is 3.12. The van der Waals surface area contributed by atoms with Crippen LogP contribution in [0.15, 0.2) is 41.1 Å². The highest BCUT2D eigenvalue weighted by molar-refractivity contribution is 7.07. The Balaban J connectivity index is 2.02. The number of likely N-dealkylation sites (N-methyl/N-ethyl adjacent to an activating group) is 1. The second-order valence-corrected chi connectivity index (χ2v) is 6.71. The number of nitrogens with two attached hydrogens (primary N) is 1. The number of carbonyl (C=O) groups excluding carboxylic acids is 1. The lowest BCUT2D eigenvalue weighted by Gasteiger charge is -2.30. The molecule has 2 aromatic rings. The third-order valence-corrected chi connectivity index (χ3v) is 5.07. The van der Waals surface area contributed by atoms with Crippen molar-refractivity contribution >= 4 is 17.2 Å². The van der Waals surface area contributed by atoms with Crippen molar-refractivity contribution in [2.75, 3.05) is 19.6 Å². The number of rotatable bonds is 8. The Morgan fingerprint density at radius 3 is 2.38 bits per heavy atom. The molecule has 0 radical (unpaired) electrons. The van der Waals surface area contributed by atoms with E-state index in [-0.39, 0.29) is 11.9 Å². The van der Waals surface area contributed by atoms with Crippen LogP contribution in [0, 0.1) is 6.92 Å². The summed E-state index contributed by atoms with van der Waals surface area (Å²) in [6.45, 7) is 8.75. The number of benzene rings is 1. The number of amides is 1. The largest absolute Gasteiger partial charge is 0.353 e. The second kappa shape index (κ2) is 8.97. The van der Waals surface area contributed by atoms with Crippen molar-refractivity contribution in [3.63, 3.8) is 0 Å². The predicted octanol–water partition coefficient (Wildman–Crippen LogP) is 3.26. The first-order valence-corrected chi connectivity index (χ1v) is 9.37. The summed E-state index contributed by atoms with van der Waals surface area (Å²) in [6, 6.07) is 9.46. The zero-order valence-electron chi connectivity index (χ0n) is 14.7. The Hall–Kier alpha value is -1.69. The maximum atomic E-state index is 12.4. The summed E-state index contributed by atoms with van der Waals surface area (Å²) in [4.78, 5) is 14.8. The molecule has 1 aromatic heterocycles. The molecule has 0 bridgehead atoms. The monoisotopic (exact) mass is 345 g/mol. The lowest BCUT2D eigenvalue weighted by Crippen LogP contribution is -2.41. The van der Waals surface area contributed by atoms with Gasteiger partial charge in [-0.05, 0) is 48.0 Å². The first-order chi connectivity index (χ1) is 11.6. The van der Waals surface area contributed by atoms with E-state index in [2.05, 4.69) is 40.9 Å². The molecular weight excluding hydrogens is 318 g/mol. The number of thiophene rings is 1. The highest BCUT2D eigenvalue weighted by atomic mass is 32.1. The quantitative estimate of drug-likeness (QED) is 0.772. The summed E-state index contributed by atoms with van der Waals surface area (Å²) in [5.74, 6) is -0.133. The minimum absolute atomic E-state index is 0.133. The van der Waals surface area contributed by atoms with E-state index >= 15 is 0 Å². The van der Waals surface area contributed by atoms with Crippen molar-refractivity contribution in [3.05, 3.63) is 57.8 Å². The van der Waals surface area contributed by atoms with Crippen molar-refractivity contribution in [3.8, 4) is 0 Å². The molecule has 24 heavy (non-hydrogen) atoms. The van der Waals surface area contributed by atoms with Gasteiger partial charge in [0.1, 0.15) is 6.04 Å². The first kappa shape index (κ1) is 18.6. The molecule has 0 saturated heterocycles. The van der Waals surface area contributed by atoms with Gasteiger partial charge in [-0.15, -0.1) is 0 Å². The number of hydrogen-bond acceptors (Lipinski definition) is 4. The summed E-state index contributed by atoms with van der Waals surface area (Å²) >= 11 is 1.68. The molecule has 0 aliphatic carbocycles. The summed E-state index contributed by atoms with van der Waals surface area (Å²) in [5.41, 5.74) is 9.35. The number of carbonyl (C=O) groups is 1. The van der Waals surface area contributed by atoms with E-state index in [1.807, 2.05) is 31.2 Å². The van der Waals surface area contributed by atoms with E-state index in [0.29, 0.717) is 6.54 Å². The van der Waals surface area contributed by atoms with Crippen LogP contribution in [0.5, 0.6) is 0 Å². The fraction of sp³-hybridized carbons (Fsp3) is 0.421. The normalized spacial score (nSPS) is 13.7. The van der Waals surface area contributed by atoms with Crippen molar-refractivity contribution in [2.45, 2.75) is 32.9 Å². The molecule has 130 valence electrons. The molecule has 0 spiro atoms. The standard InChI is InChI=1S/C19H27N3OS/c1-4-22(5-2)17(16-10-11-24-13-16)12-21-19(23)18(20)15-8-6-14(3)7-9-15/h6-11,13,17-18H,4-5,12,20H2,1-3H3,(H,21,23). The van der Waals surface area contributed by atoms with E-state index in [1.54, 1.807) is 11.3 Å². The molecule has 0 saturated carbocycles. The molecule has 1 aromatic carbocycles. The molecule has 0 aliphatic heterocycles. The Morgan fingerprint density at radius 2 is 1.83 bits per heavy atom. The average molecular weight is 346 g/mol. The van der Waals surface area contributed by atoms with Crippen LogP contribution in [0.25, 0.3) is 0 Å². The van der Waals surface area contributed by atoms with Crippen LogP contribution in [0.3, 0.4) is 0 Å². The van der Waals surface area contributed by atoms with Crippen LogP contribution in [0.4, 0.5) is 0 Å². The van der Waals surface area contributed by atoms with Gasteiger partial charge in [-0.25, -0.2) is 0 Å². The molecule has 4 nitrogen and oxygen atoms in total. The number of hydrogen-bond donors (Lipinski definition) is 2. The van der Waals surface area contributed by atoms with E-state index in [1.165, 1.54) is 5.56 Å². The second-order valence-electron chi connectivity index (χ2n) is 5.93. The van der Waals surface area contributed by atoms with Crippen LogP contribution in [0.1, 0.15) is 42.6 Å². The van der Waals surface area contributed by atoms with Crippen LogP contribution in [-0.4, -0.2) is 30.4 Å². The molecule has 2 rings (SSSR count). The summed E-state index contributed by atoms with van der Waals surface area (Å²) in [6.07, 6.45) is 0. The minimum atomic E-state index is -0.634. The fourth-order valence-electron chi connectivity index (χ4n) is 2.82. The van der Waals surface area contributed by atoms with Crippen molar-refractivity contribution in [2.24, 2.45) is 5.73 Å². The van der Waals surface area contributed by atoms with Crippen LogP contribution >= 0.6 is 11.3 Å². The van der Waals surface area contributed by atoms with Crippen LogP contribution in [0.2, 0.25) is 0 Å². The van der Waals surface area contributed by atoms with Gasteiger partial charge in [0.05, 0.1) is 6.04 Å². The molecule has 1 amide bonds. The molecule has 1 heterocycles. The van der Waals surface area contributed by atoms with Crippen molar-refractivity contribution in [1.82, 2.24) is 10.2 Å². The topological polar surface area (TPSA) is 58.4 Å². The van der Waals surface area contributed by atoms with Crippen molar-refractivity contribution < 1.29 is 4.79 Å². The molecule has 3 N–H and O–H groups in total. The molecule has 2 unspecified atom stereocenters. The van der Waals surface area contributed by atoms with E-state index in [0.717, 1.165) is 24.2 Å². The highest BCUT2D eigenvalue weighted by Crippen LogP contribution is 2.22. The zero-order chi connectivity index (χ0) is 17.5. The summed E-state index contributed by atoms with van der Waals surface area (Å²) in [7, 11) is 0. The van der Waals surface area contributed by atoms with E-state index in [4.69, 9.17) is 5.73 Å². The smallest absolute Gasteiger partial charge is 0.241 e. The number of nitrogens with zero attached hydrogens (tertiary/aromatic N) is 1. The molecule has 0 fully saturated rings. The van der Waals surface area contributed by atoms with Gasteiger partial charge in [-0.1, -0.05) is 43.7 Å². The Morgan fingerprint density at radius 1 is 1.17 bits per heavy atom. The molecule has 2 atom stereocenters.